The number of fused-ring (bicyclic) bond motifs is 1. The first-order valence-electron chi connectivity index (χ1n) is 7.28. The van der Waals surface area contributed by atoms with Gasteiger partial charge in [-0.1, -0.05) is 0 Å². The lowest BCUT2D eigenvalue weighted by Gasteiger charge is -2.29. The Balaban J connectivity index is 1.71. The molecule has 2 aliphatic heterocycles. The molecule has 0 radical (unpaired) electrons. The highest BCUT2D eigenvalue weighted by atomic mass is 16.3. The predicted molar refractivity (Wildman–Crippen MR) is 72.6 cm³/mol. The van der Waals surface area contributed by atoms with E-state index in [4.69, 9.17) is 4.42 Å². The lowest BCUT2D eigenvalue weighted by Crippen LogP contribution is -2.37. The molecule has 1 aromatic rings. The molecule has 2 atom stereocenters. The Morgan fingerprint density at radius 3 is 2.83 bits per heavy atom. The van der Waals surface area contributed by atoms with Crippen molar-refractivity contribution < 1.29 is 4.42 Å². The molecule has 0 N–H and O–H groups in total. The fourth-order valence-corrected chi connectivity index (χ4v) is 3.44. The molecule has 2 unspecified atom stereocenters. The van der Waals surface area contributed by atoms with Crippen molar-refractivity contribution in [1.29, 1.82) is 0 Å². The molecule has 18 heavy (non-hydrogen) atoms. The summed E-state index contributed by atoms with van der Waals surface area (Å²) in [6.07, 6.45) is 4.05. The third kappa shape index (κ3) is 2.34. The molecule has 3 rings (SSSR count). The van der Waals surface area contributed by atoms with Gasteiger partial charge in [0.05, 0.1) is 6.04 Å². The van der Waals surface area contributed by atoms with E-state index in [1.54, 1.807) is 0 Å². The van der Waals surface area contributed by atoms with E-state index in [1.807, 2.05) is 6.92 Å². The van der Waals surface area contributed by atoms with Crippen molar-refractivity contribution in [1.82, 2.24) is 9.80 Å². The monoisotopic (exact) mass is 248 g/mol. The number of aryl methyl sites for hydroxylation is 1. The van der Waals surface area contributed by atoms with Gasteiger partial charge in [0, 0.05) is 19.1 Å². The molecule has 0 aliphatic carbocycles. The van der Waals surface area contributed by atoms with Crippen LogP contribution in [-0.4, -0.2) is 42.0 Å². The summed E-state index contributed by atoms with van der Waals surface area (Å²) in [6.45, 7) is 9.31. The van der Waals surface area contributed by atoms with E-state index >= 15 is 0 Å². The molecule has 3 nitrogen and oxygen atoms in total. The number of furan rings is 1. The molecule has 1 aromatic heterocycles. The van der Waals surface area contributed by atoms with E-state index in [1.165, 1.54) is 45.4 Å². The molecule has 0 spiro atoms. The maximum Gasteiger partial charge on any atom is 0.121 e. The number of hydrogen-bond donors (Lipinski definition) is 0. The average Bonchev–Trinajstić information content (AvgIpc) is 2.93. The fraction of sp³-hybridized carbons (Fsp3) is 0.733. The Labute approximate surface area is 110 Å². The highest BCUT2D eigenvalue weighted by molar-refractivity contribution is 5.09. The van der Waals surface area contributed by atoms with Gasteiger partial charge in [-0.15, -0.1) is 0 Å². The van der Waals surface area contributed by atoms with Crippen LogP contribution in [0.15, 0.2) is 16.5 Å². The molecule has 3 heterocycles. The molecule has 0 bridgehead atoms. The van der Waals surface area contributed by atoms with Gasteiger partial charge in [0.25, 0.3) is 0 Å². The largest absolute Gasteiger partial charge is 0.465 e. The Bertz CT molecular complexity index is 401. The van der Waals surface area contributed by atoms with Crippen molar-refractivity contribution >= 4 is 0 Å². The first kappa shape index (κ1) is 12.2. The molecule has 2 saturated heterocycles. The van der Waals surface area contributed by atoms with E-state index in [9.17, 15) is 0 Å². The maximum atomic E-state index is 5.80. The zero-order valence-corrected chi connectivity index (χ0v) is 11.6. The van der Waals surface area contributed by atoms with E-state index in [2.05, 4.69) is 28.9 Å². The third-order valence-electron chi connectivity index (χ3n) is 4.56. The van der Waals surface area contributed by atoms with Crippen molar-refractivity contribution in [3.63, 3.8) is 0 Å². The second kappa shape index (κ2) is 5.06. The summed E-state index contributed by atoms with van der Waals surface area (Å²) in [4.78, 5) is 5.29. The van der Waals surface area contributed by atoms with Gasteiger partial charge in [0.1, 0.15) is 11.5 Å². The zero-order chi connectivity index (χ0) is 12.5. The van der Waals surface area contributed by atoms with Gasteiger partial charge < -0.3 is 4.42 Å². The minimum absolute atomic E-state index is 0.416. The SMILES string of the molecule is Cc1ccc(C(C)N2CCCN3CCCC3C2)o1. The Morgan fingerprint density at radius 2 is 2.06 bits per heavy atom. The zero-order valence-electron chi connectivity index (χ0n) is 11.6. The fourth-order valence-electron chi connectivity index (χ4n) is 3.44. The average molecular weight is 248 g/mol. The van der Waals surface area contributed by atoms with E-state index < -0.39 is 0 Å². The summed E-state index contributed by atoms with van der Waals surface area (Å²) in [7, 11) is 0. The van der Waals surface area contributed by atoms with Gasteiger partial charge in [-0.05, 0) is 58.3 Å². The van der Waals surface area contributed by atoms with Crippen molar-refractivity contribution in [2.75, 3.05) is 26.2 Å². The minimum atomic E-state index is 0.416. The highest BCUT2D eigenvalue weighted by Gasteiger charge is 2.31. The third-order valence-corrected chi connectivity index (χ3v) is 4.56. The maximum absolute atomic E-state index is 5.80. The van der Waals surface area contributed by atoms with Crippen LogP contribution in [0.5, 0.6) is 0 Å². The van der Waals surface area contributed by atoms with Gasteiger partial charge in [-0.2, -0.15) is 0 Å². The number of hydrogen-bond acceptors (Lipinski definition) is 3. The van der Waals surface area contributed by atoms with Crippen LogP contribution in [0.1, 0.15) is 43.7 Å². The molecular formula is C15H24N2O. The summed E-state index contributed by atoms with van der Waals surface area (Å²) < 4.78 is 5.80. The van der Waals surface area contributed by atoms with Crippen LogP contribution in [0.25, 0.3) is 0 Å². The molecule has 0 aromatic carbocycles. The van der Waals surface area contributed by atoms with Crippen molar-refractivity contribution in [3.8, 4) is 0 Å². The molecular weight excluding hydrogens is 224 g/mol. The van der Waals surface area contributed by atoms with E-state index in [-0.39, 0.29) is 0 Å². The summed E-state index contributed by atoms with van der Waals surface area (Å²) in [5, 5.41) is 0. The van der Waals surface area contributed by atoms with Crippen LogP contribution in [-0.2, 0) is 0 Å². The minimum Gasteiger partial charge on any atom is -0.465 e. The van der Waals surface area contributed by atoms with Crippen LogP contribution >= 0.6 is 0 Å². The van der Waals surface area contributed by atoms with Gasteiger partial charge in [-0.25, -0.2) is 0 Å². The van der Waals surface area contributed by atoms with Crippen molar-refractivity contribution in [3.05, 3.63) is 23.7 Å². The van der Waals surface area contributed by atoms with E-state index in [0.717, 1.165) is 17.6 Å². The molecule has 0 amide bonds. The Kier molecular flexibility index (Phi) is 3.44. The Morgan fingerprint density at radius 1 is 1.22 bits per heavy atom. The molecule has 3 heteroatoms. The van der Waals surface area contributed by atoms with E-state index in [0.29, 0.717) is 6.04 Å². The smallest absolute Gasteiger partial charge is 0.121 e. The second-order valence-electron chi connectivity index (χ2n) is 5.80. The topological polar surface area (TPSA) is 19.6 Å². The standard InChI is InChI=1S/C15H24N2O/c1-12-6-7-15(18-12)13(2)17-10-4-9-16-8-3-5-14(16)11-17/h6-7,13-14H,3-5,8-11H2,1-2H3. The number of rotatable bonds is 2. The summed E-state index contributed by atoms with van der Waals surface area (Å²) in [5.74, 6) is 2.15. The van der Waals surface area contributed by atoms with Crippen molar-refractivity contribution in [2.45, 2.75) is 45.2 Å². The van der Waals surface area contributed by atoms with Gasteiger partial charge in [0.2, 0.25) is 0 Å². The van der Waals surface area contributed by atoms with Gasteiger partial charge in [0.15, 0.2) is 0 Å². The predicted octanol–water partition coefficient (Wildman–Crippen LogP) is 2.82. The number of nitrogens with zero attached hydrogens (tertiary/aromatic N) is 2. The van der Waals surface area contributed by atoms with Crippen LogP contribution < -0.4 is 0 Å². The van der Waals surface area contributed by atoms with Crippen LogP contribution in [0, 0.1) is 6.92 Å². The van der Waals surface area contributed by atoms with Gasteiger partial charge in [-0.3, -0.25) is 9.80 Å². The first-order valence-corrected chi connectivity index (χ1v) is 7.28. The molecule has 2 fully saturated rings. The lowest BCUT2D eigenvalue weighted by atomic mass is 10.1. The van der Waals surface area contributed by atoms with Crippen LogP contribution in [0.4, 0.5) is 0 Å². The van der Waals surface area contributed by atoms with Crippen molar-refractivity contribution in [2.24, 2.45) is 0 Å². The summed E-state index contributed by atoms with van der Waals surface area (Å²) >= 11 is 0. The molecule has 2 aliphatic rings. The van der Waals surface area contributed by atoms with Crippen LogP contribution in [0.2, 0.25) is 0 Å². The quantitative estimate of drug-likeness (QED) is 0.802. The summed E-state index contributed by atoms with van der Waals surface area (Å²) in [5.41, 5.74) is 0. The molecule has 100 valence electrons. The Hall–Kier alpha value is -0.800. The normalized spacial score (nSPS) is 28.0. The lowest BCUT2D eigenvalue weighted by molar-refractivity contribution is 0.166. The highest BCUT2D eigenvalue weighted by Crippen LogP contribution is 2.28. The van der Waals surface area contributed by atoms with Gasteiger partial charge >= 0.3 is 0 Å². The van der Waals surface area contributed by atoms with Crippen LogP contribution in [0.3, 0.4) is 0 Å². The summed E-state index contributed by atoms with van der Waals surface area (Å²) in [6, 6.07) is 5.41. The second-order valence-corrected chi connectivity index (χ2v) is 5.80. The molecule has 0 saturated carbocycles. The first-order chi connectivity index (χ1) is 8.74.